The summed E-state index contributed by atoms with van der Waals surface area (Å²) in [5.74, 6) is -3.73. The third-order valence-corrected chi connectivity index (χ3v) is 16.8. The largest absolute Gasteiger partial charge is 0.309 e. The number of benzene rings is 11. The summed E-state index contributed by atoms with van der Waals surface area (Å²) in [6.07, 6.45) is 0. The zero-order valence-electron chi connectivity index (χ0n) is 76.3. The Labute approximate surface area is 493 Å². The molecule has 0 unspecified atom stereocenters. The molecule has 0 spiro atoms. The summed E-state index contributed by atoms with van der Waals surface area (Å²) in [7, 11) is -6.71. The Morgan fingerprint density at radius 2 is 0.789 bits per heavy atom. The second-order valence-electron chi connectivity index (χ2n) is 16.7. The number of para-hydroxylation sites is 5. The van der Waals surface area contributed by atoms with Crippen LogP contribution in [-0.2, 0) is 0 Å². The van der Waals surface area contributed by atoms with Crippen LogP contribution >= 0.6 is 0 Å². The molecule has 0 saturated carbocycles. The Bertz CT molecular complexity index is 6710. The summed E-state index contributed by atoms with van der Waals surface area (Å²) >= 11 is 0. The van der Waals surface area contributed by atoms with Gasteiger partial charge in [-0.05, 0) is 69.1 Å². The maximum absolute atomic E-state index is 10.7. The van der Waals surface area contributed by atoms with Crippen molar-refractivity contribution in [2.75, 3.05) is 0 Å². The molecule has 0 fully saturated rings. The van der Waals surface area contributed by atoms with E-state index in [2.05, 4.69) is 15.0 Å². The number of hydrogen-bond acceptors (Lipinski definition) is 3. The molecule has 0 radical (unpaired) electrons. The minimum Gasteiger partial charge on any atom is -0.309 e. The van der Waals surface area contributed by atoms with Crippen molar-refractivity contribution in [2.24, 2.45) is 0 Å². The first-order valence-electron chi connectivity index (χ1n) is 41.8. The highest BCUT2D eigenvalue weighted by Crippen LogP contribution is 2.41. The summed E-state index contributed by atoms with van der Waals surface area (Å²) in [6.45, 7) is 0. The lowest BCUT2D eigenvalue weighted by Gasteiger charge is -2.34. The van der Waals surface area contributed by atoms with Gasteiger partial charge in [0.2, 0.25) is 5.95 Å². The van der Waals surface area contributed by atoms with Crippen molar-refractivity contribution in [3.63, 3.8) is 0 Å². The van der Waals surface area contributed by atoms with Gasteiger partial charge < -0.3 is 9.13 Å². The van der Waals surface area contributed by atoms with Crippen LogP contribution in [0.1, 0.15) is 52.1 Å². The monoisotopic (exact) mass is 1020 g/mol. The zero-order chi connectivity index (χ0) is 83.2. The Kier molecular flexibility index (Phi) is 4.65. The molecule has 0 aliphatic carbocycles. The molecule has 4 heterocycles. The molecule has 0 aliphatic rings. The Morgan fingerprint density at radius 3 is 1.42 bits per heavy atom. The lowest BCUT2D eigenvalue weighted by atomic mass is 10.1. The number of hydrogen-bond donors (Lipinski definition) is 0. The molecule has 0 aliphatic heterocycles. The van der Waals surface area contributed by atoms with Gasteiger partial charge >= 0.3 is 0 Å². The van der Waals surface area contributed by atoms with E-state index in [9.17, 15) is 32.9 Å². The highest BCUT2D eigenvalue weighted by atomic mass is 28.3. The SMILES string of the molecule is [2H]c1c([2H])c([2H])c(-c2nc(-c3c([2H])c([2H])c([2H])c([Si](c4c([2H])c([2H])c([2H])c([2H])c4[2H])(c4c([2H])c([2H])c([2H])c([2H])c4[2H])c4c([2H])c([2H])c([2H])c([2H])c4[2H])c3[2H])nc(-n3c4c([2H])c([2H])c([2H])c([2H])c4c4c([2H])c([2H])c([2H])c(-n5c6c([2H])c([2H])c([2H])c([2H])c6c6c([2H])c(-n7c8ccccc8c8ccccc87)c([2H])c([2H])c65)c43)n2)c([2H])c1[2H]. The van der Waals surface area contributed by atoms with Gasteiger partial charge in [-0.1, -0.05) is 230 Å². The first-order valence-corrected chi connectivity index (χ1v) is 24.8. The minimum atomic E-state index is -6.71. The maximum atomic E-state index is 10.7. The third kappa shape index (κ3) is 6.69. The molecule has 15 aromatic rings. The van der Waals surface area contributed by atoms with Gasteiger partial charge in [0.05, 0.1) is 90.9 Å². The van der Waals surface area contributed by atoms with E-state index in [-0.39, 0.29) is 5.69 Å². The molecule has 11 aromatic carbocycles. The fourth-order valence-corrected chi connectivity index (χ4v) is 13.2. The molecule has 0 N–H and O–H groups in total. The zero-order valence-corrected chi connectivity index (χ0v) is 39.3. The Morgan fingerprint density at radius 1 is 0.316 bits per heavy atom. The van der Waals surface area contributed by atoms with Gasteiger partial charge in [-0.3, -0.25) is 4.57 Å². The van der Waals surface area contributed by atoms with Crippen LogP contribution in [0.5, 0.6) is 0 Å². The van der Waals surface area contributed by atoms with Crippen molar-refractivity contribution in [1.29, 1.82) is 0 Å². The molecule has 0 amide bonds. The first-order chi connectivity index (χ1) is 53.5. The van der Waals surface area contributed by atoms with Crippen LogP contribution in [0.4, 0.5) is 0 Å². The van der Waals surface area contributed by atoms with Crippen LogP contribution in [0.3, 0.4) is 0 Å². The number of fused-ring (bicyclic) bond motifs is 9. The normalized spacial score (nSPS) is 18.9. The van der Waals surface area contributed by atoms with Crippen molar-refractivity contribution >= 4 is 94.2 Å². The van der Waals surface area contributed by atoms with Crippen LogP contribution in [-0.4, -0.2) is 36.7 Å². The van der Waals surface area contributed by atoms with E-state index in [1.165, 1.54) is 4.57 Å². The fourth-order valence-electron chi connectivity index (χ4n) is 9.68. The highest BCUT2D eigenvalue weighted by molar-refractivity contribution is 7.19. The lowest BCUT2D eigenvalue weighted by molar-refractivity contribution is 0.950. The summed E-state index contributed by atoms with van der Waals surface area (Å²) < 4.78 is 364. The summed E-state index contributed by atoms with van der Waals surface area (Å²) in [5.41, 5.74) is -5.99. The molecular weight excluding hydrogens is 941 g/mol. The smallest absolute Gasteiger partial charge is 0.238 e. The molecule has 0 saturated heterocycles. The second-order valence-corrected chi connectivity index (χ2v) is 20.2. The van der Waals surface area contributed by atoms with Crippen LogP contribution < -0.4 is 20.7 Å². The predicted molar refractivity (Wildman–Crippen MR) is 317 cm³/mol. The van der Waals surface area contributed by atoms with E-state index in [0.29, 0.717) is 26.4 Å². The minimum absolute atomic E-state index is 0.319. The van der Waals surface area contributed by atoms with E-state index in [1.807, 2.05) is 0 Å². The van der Waals surface area contributed by atoms with Crippen molar-refractivity contribution in [3.8, 4) is 40.1 Å². The van der Waals surface area contributed by atoms with Crippen LogP contribution in [0.25, 0.3) is 106 Å². The summed E-state index contributed by atoms with van der Waals surface area (Å²) in [6, 6.07) is -31.4. The van der Waals surface area contributed by atoms with Gasteiger partial charge in [-0.15, -0.1) is 0 Å². The lowest BCUT2D eigenvalue weighted by Crippen LogP contribution is -2.74. The van der Waals surface area contributed by atoms with Gasteiger partial charge in [0.25, 0.3) is 0 Å². The van der Waals surface area contributed by atoms with Gasteiger partial charge in [0.1, 0.15) is 0 Å². The highest BCUT2D eigenvalue weighted by Gasteiger charge is 2.41. The van der Waals surface area contributed by atoms with Gasteiger partial charge in [-0.25, -0.2) is 4.98 Å². The van der Waals surface area contributed by atoms with Crippen molar-refractivity contribution in [2.45, 2.75) is 0 Å². The van der Waals surface area contributed by atoms with Crippen molar-refractivity contribution in [3.05, 3.63) is 278 Å². The quantitative estimate of drug-likeness (QED) is 0.107. The number of rotatable bonds is 9. The third-order valence-electron chi connectivity index (χ3n) is 12.8. The maximum Gasteiger partial charge on any atom is 0.238 e. The van der Waals surface area contributed by atoms with Crippen LogP contribution in [0.15, 0.2) is 278 Å². The van der Waals surface area contributed by atoms with Gasteiger partial charge in [0, 0.05) is 49.1 Å². The number of nitrogens with zero attached hydrogens (tertiary/aromatic N) is 6. The van der Waals surface area contributed by atoms with E-state index < -0.39 is 336 Å². The summed E-state index contributed by atoms with van der Waals surface area (Å²) in [4.78, 5) is 13.8. The fraction of sp³-hybridized carbons (Fsp3) is 0. The first kappa shape index (κ1) is 20.1. The second kappa shape index (κ2) is 17.6. The van der Waals surface area contributed by atoms with Crippen LogP contribution in [0.2, 0.25) is 0 Å². The molecule has 76 heavy (non-hydrogen) atoms. The summed E-state index contributed by atoms with van der Waals surface area (Å²) in [5, 5.41) is -6.64. The average Bonchev–Trinajstić information content (AvgIpc) is 1.29. The van der Waals surface area contributed by atoms with E-state index in [4.69, 9.17) is 19.2 Å². The standard InChI is InChI=1S/C69H46N6Si/c1-5-23-47(24-6-1)67-70-68(48-25-21-32-53(45-48)76(50-26-7-2-8-27-50,51-28-9-3-10-29-51)52-30-11-4-12-31-52)72-69(71-67)75-63-41-20-15-35-56(63)58-37-22-42-65(66(58)75)74-62-40-19-16-36-57(62)59-46-49(43-44-64(59)74)73-60-38-17-13-33-54(60)55-34-14-18-39-61(55)73/h1-46H/i1D,2D,3D,4D,5D,6D,7D,8D,9D,10D,11D,12D,15D,16D,19D,20D,21D,22D,23D,24D,25D,26D,27D,28D,29D,30D,31D,32D,35D,36D,37D,40D,41D,42D,43D,44D,45D,46D. The Balaban J connectivity index is 1.21. The topological polar surface area (TPSA) is 53.5 Å². The molecule has 0 bridgehead atoms. The van der Waals surface area contributed by atoms with E-state index in [0.717, 1.165) is 4.57 Å². The predicted octanol–water partition coefficient (Wildman–Crippen LogP) is 13.9. The molecular formula is C69H46N6Si. The van der Waals surface area contributed by atoms with Gasteiger partial charge in [-0.2, -0.15) is 9.97 Å². The molecule has 0 atom stereocenters. The molecule has 4 aromatic heterocycles. The van der Waals surface area contributed by atoms with Crippen molar-refractivity contribution < 1.29 is 52.1 Å². The molecule has 356 valence electrons. The van der Waals surface area contributed by atoms with Gasteiger partial charge in [0.15, 0.2) is 19.7 Å². The Hall–Kier alpha value is -9.95. The molecule has 6 nitrogen and oxygen atoms in total. The molecule has 7 heteroatoms. The average molecular weight is 1030 g/mol. The molecule has 15 rings (SSSR count). The van der Waals surface area contributed by atoms with E-state index >= 15 is 0 Å². The van der Waals surface area contributed by atoms with Crippen LogP contribution in [0, 0.1) is 0 Å². The van der Waals surface area contributed by atoms with Crippen molar-refractivity contribution in [1.82, 2.24) is 28.7 Å². The number of aromatic nitrogens is 6. The van der Waals surface area contributed by atoms with E-state index in [1.54, 1.807) is 48.5 Å².